The van der Waals surface area contributed by atoms with E-state index >= 15 is 0 Å². The Kier molecular flexibility index (Phi) is 3.88. The number of hydrogen-bond donors (Lipinski definition) is 1. The van der Waals surface area contributed by atoms with Crippen molar-refractivity contribution in [1.82, 2.24) is 9.59 Å². The molecule has 0 fully saturated rings. The molecule has 0 unspecified atom stereocenters. The fourth-order valence-electron chi connectivity index (χ4n) is 1.04. The summed E-state index contributed by atoms with van der Waals surface area (Å²) in [5.41, 5.74) is -0.0639. The number of carboxylic acids is 1. The lowest BCUT2D eigenvalue weighted by Gasteiger charge is -2.02. The van der Waals surface area contributed by atoms with Crippen molar-refractivity contribution in [3.05, 3.63) is 33.9 Å². The third kappa shape index (κ3) is 2.90. The van der Waals surface area contributed by atoms with Crippen molar-refractivity contribution < 1.29 is 9.90 Å². The van der Waals surface area contributed by atoms with Gasteiger partial charge in [0.1, 0.15) is 4.21 Å². The Morgan fingerprint density at radius 3 is 2.82 bits per heavy atom. The molecule has 1 aromatic carbocycles. The van der Waals surface area contributed by atoms with Crippen molar-refractivity contribution in [2.24, 2.45) is 0 Å². The minimum absolute atomic E-state index is 0.0639. The normalized spacial score (nSPS) is 10.5. The summed E-state index contributed by atoms with van der Waals surface area (Å²) in [5.74, 6) is -1.11. The number of aromatic nitrogens is 2. The zero-order valence-electron chi connectivity index (χ0n) is 8.05. The molecular formula is C9H4Cl2N2O2S2. The summed E-state index contributed by atoms with van der Waals surface area (Å²) in [7, 11) is 0. The molecule has 8 heteroatoms. The van der Waals surface area contributed by atoms with Crippen LogP contribution in [0.3, 0.4) is 0 Å². The van der Waals surface area contributed by atoms with E-state index in [0.29, 0.717) is 19.1 Å². The molecule has 0 saturated carbocycles. The Morgan fingerprint density at radius 1 is 1.41 bits per heavy atom. The molecule has 0 spiro atoms. The van der Waals surface area contributed by atoms with Crippen LogP contribution in [-0.4, -0.2) is 20.7 Å². The van der Waals surface area contributed by atoms with Crippen LogP contribution in [-0.2, 0) is 0 Å². The molecule has 1 aromatic heterocycles. The van der Waals surface area contributed by atoms with Crippen LogP contribution in [0.5, 0.6) is 0 Å². The van der Waals surface area contributed by atoms with Crippen molar-refractivity contribution in [2.45, 2.75) is 9.10 Å². The smallest absolute Gasteiger partial charge is 0.358 e. The standard InChI is InChI=1S/C9H4Cl2N2O2S2/c10-4-1-2-6(5(11)3-4)16-9-7(8(14)15)12-13-17-9/h1-3H,(H,14,15). The van der Waals surface area contributed by atoms with Crippen LogP contribution in [0.4, 0.5) is 0 Å². The Bertz CT molecular complexity index is 574. The first-order valence-electron chi connectivity index (χ1n) is 4.26. The van der Waals surface area contributed by atoms with Gasteiger partial charge in [-0.05, 0) is 29.7 Å². The van der Waals surface area contributed by atoms with Crippen LogP contribution >= 0.6 is 46.5 Å². The predicted molar refractivity (Wildman–Crippen MR) is 67.5 cm³/mol. The first-order valence-corrected chi connectivity index (χ1v) is 6.61. The predicted octanol–water partition coefficient (Wildman–Crippen LogP) is 3.69. The summed E-state index contributed by atoms with van der Waals surface area (Å²) in [6.45, 7) is 0. The van der Waals surface area contributed by atoms with Gasteiger partial charge in [-0.1, -0.05) is 39.5 Å². The largest absolute Gasteiger partial charge is 0.476 e. The highest BCUT2D eigenvalue weighted by molar-refractivity contribution is 8.01. The van der Waals surface area contributed by atoms with Crippen molar-refractivity contribution >= 4 is 52.5 Å². The Hall–Kier alpha value is -0.820. The maximum absolute atomic E-state index is 10.8. The van der Waals surface area contributed by atoms with Crippen LogP contribution in [0.15, 0.2) is 27.3 Å². The van der Waals surface area contributed by atoms with Gasteiger partial charge in [0.2, 0.25) is 0 Å². The first kappa shape index (κ1) is 12.6. The zero-order valence-corrected chi connectivity index (χ0v) is 11.2. The van der Waals surface area contributed by atoms with E-state index in [4.69, 9.17) is 28.3 Å². The number of hydrogen-bond acceptors (Lipinski definition) is 5. The molecule has 0 bridgehead atoms. The highest BCUT2D eigenvalue weighted by atomic mass is 35.5. The zero-order chi connectivity index (χ0) is 12.4. The number of benzene rings is 1. The third-order valence-corrected chi connectivity index (χ3v) is 4.37. The minimum Gasteiger partial charge on any atom is -0.476 e. The quantitative estimate of drug-likeness (QED) is 0.937. The number of nitrogens with zero attached hydrogens (tertiary/aromatic N) is 2. The van der Waals surface area contributed by atoms with Gasteiger partial charge < -0.3 is 5.11 Å². The molecule has 17 heavy (non-hydrogen) atoms. The highest BCUT2D eigenvalue weighted by Gasteiger charge is 2.17. The van der Waals surface area contributed by atoms with E-state index in [-0.39, 0.29) is 5.69 Å². The highest BCUT2D eigenvalue weighted by Crippen LogP contribution is 2.37. The van der Waals surface area contributed by atoms with E-state index in [0.717, 1.165) is 11.5 Å². The van der Waals surface area contributed by atoms with Crippen LogP contribution in [0.2, 0.25) is 10.0 Å². The second-order valence-corrected chi connectivity index (χ2v) is 5.80. The second kappa shape index (κ2) is 5.22. The second-order valence-electron chi connectivity index (χ2n) is 2.89. The summed E-state index contributed by atoms with van der Waals surface area (Å²) in [4.78, 5) is 11.6. The van der Waals surface area contributed by atoms with Gasteiger partial charge in [0, 0.05) is 9.92 Å². The van der Waals surface area contributed by atoms with E-state index in [9.17, 15) is 4.79 Å². The SMILES string of the molecule is O=C(O)c1nnsc1Sc1ccc(Cl)cc1Cl. The fraction of sp³-hybridized carbons (Fsp3) is 0. The average molecular weight is 307 g/mol. The molecule has 2 aromatic rings. The van der Waals surface area contributed by atoms with Crippen molar-refractivity contribution in [1.29, 1.82) is 0 Å². The Labute approximate surface area is 115 Å². The Morgan fingerprint density at radius 2 is 2.18 bits per heavy atom. The van der Waals surface area contributed by atoms with Crippen molar-refractivity contribution in [2.75, 3.05) is 0 Å². The number of aromatic carboxylic acids is 1. The van der Waals surface area contributed by atoms with Crippen molar-refractivity contribution in [3.63, 3.8) is 0 Å². The summed E-state index contributed by atoms with van der Waals surface area (Å²) in [6.07, 6.45) is 0. The van der Waals surface area contributed by atoms with Crippen molar-refractivity contribution in [3.8, 4) is 0 Å². The third-order valence-electron chi connectivity index (χ3n) is 1.76. The monoisotopic (exact) mass is 306 g/mol. The van der Waals surface area contributed by atoms with Crippen LogP contribution < -0.4 is 0 Å². The maximum atomic E-state index is 10.8. The lowest BCUT2D eigenvalue weighted by Crippen LogP contribution is -1.98. The molecule has 0 radical (unpaired) electrons. The van der Waals surface area contributed by atoms with Crippen LogP contribution in [0.1, 0.15) is 10.5 Å². The van der Waals surface area contributed by atoms with E-state index in [2.05, 4.69) is 9.59 Å². The first-order chi connectivity index (χ1) is 8.08. The molecule has 0 atom stereocenters. The number of rotatable bonds is 3. The van der Waals surface area contributed by atoms with Crippen LogP contribution in [0.25, 0.3) is 0 Å². The van der Waals surface area contributed by atoms with E-state index in [1.165, 1.54) is 11.8 Å². The van der Waals surface area contributed by atoms with Gasteiger partial charge in [0.05, 0.1) is 5.02 Å². The fourth-order valence-corrected chi connectivity index (χ4v) is 3.21. The molecule has 0 aliphatic carbocycles. The number of carbonyl (C=O) groups is 1. The van der Waals surface area contributed by atoms with E-state index in [1.54, 1.807) is 18.2 Å². The molecule has 1 heterocycles. The summed E-state index contributed by atoms with van der Waals surface area (Å²) in [6, 6.07) is 5.01. The molecule has 0 saturated heterocycles. The minimum atomic E-state index is -1.11. The summed E-state index contributed by atoms with van der Waals surface area (Å²) in [5, 5.41) is 13.4. The molecule has 4 nitrogen and oxygen atoms in total. The molecule has 0 aliphatic rings. The van der Waals surface area contributed by atoms with Gasteiger partial charge in [0.15, 0.2) is 5.69 Å². The van der Waals surface area contributed by atoms with Gasteiger partial charge in [-0.15, -0.1) is 5.10 Å². The van der Waals surface area contributed by atoms with Gasteiger partial charge in [-0.25, -0.2) is 4.79 Å². The van der Waals surface area contributed by atoms with Gasteiger partial charge >= 0.3 is 5.97 Å². The molecule has 0 aliphatic heterocycles. The molecule has 2 rings (SSSR count). The summed E-state index contributed by atoms with van der Waals surface area (Å²) < 4.78 is 4.10. The van der Waals surface area contributed by atoms with E-state index in [1.807, 2.05) is 0 Å². The molecule has 1 N–H and O–H groups in total. The lowest BCUT2D eigenvalue weighted by atomic mass is 10.4. The van der Waals surface area contributed by atoms with Gasteiger partial charge in [-0.3, -0.25) is 0 Å². The number of carboxylic acid groups (broad SMARTS) is 1. The topological polar surface area (TPSA) is 63.1 Å². The van der Waals surface area contributed by atoms with Gasteiger partial charge in [0.25, 0.3) is 0 Å². The molecule has 88 valence electrons. The average Bonchev–Trinajstić information content (AvgIpc) is 2.70. The summed E-state index contributed by atoms with van der Waals surface area (Å²) >= 11 is 14.0. The maximum Gasteiger partial charge on any atom is 0.358 e. The molecule has 0 amide bonds. The van der Waals surface area contributed by atoms with Crippen LogP contribution in [0, 0.1) is 0 Å². The lowest BCUT2D eigenvalue weighted by molar-refractivity contribution is 0.0687. The van der Waals surface area contributed by atoms with Gasteiger partial charge in [-0.2, -0.15) is 0 Å². The van der Waals surface area contributed by atoms with E-state index < -0.39 is 5.97 Å². The Balaban J connectivity index is 2.31. The molecular weight excluding hydrogens is 303 g/mol. The number of halogens is 2.